The van der Waals surface area contributed by atoms with Crippen LogP contribution in [0.5, 0.6) is 0 Å². The van der Waals surface area contributed by atoms with E-state index in [1.807, 2.05) is 39.0 Å². The summed E-state index contributed by atoms with van der Waals surface area (Å²) in [7, 11) is 0. The van der Waals surface area contributed by atoms with E-state index in [-0.39, 0.29) is 18.1 Å². The minimum absolute atomic E-state index is 0.163. The summed E-state index contributed by atoms with van der Waals surface area (Å²) in [6, 6.07) is 5.53. The maximum atomic E-state index is 11.9. The molecule has 1 N–H and O–H groups in total. The number of carbonyl (C=O) groups excluding carboxylic acids is 1. The number of halogens is 1. The first-order valence-electron chi connectivity index (χ1n) is 6.36. The van der Waals surface area contributed by atoms with Crippen LogP contribution in [0.15, 0.2) is 27.5 Å². The molecule has 0 saturated heterocycles. The zero-order valence-electron chi connectivity index (χ0n) is 11.7. The molecule has 1 aromatic carbocycles. The molecule has 1 aromatic heterocycles. The normalized spacial score (nSPS) is 11.8. The van der Waals surface area contributed by atoms with Gasteiger partial charge in [-0.25, -0.2) is 4.79 Å². The van der Waals surface area contributed by atoms with E-state index >= 15 is 0 Å². The molecule has 1 heterocycles. The number of rotatable bonds is 3. The van der Waals surface area contributed by atoms with Crippen molar-refractivity contribution < 1.29 is 9.53 Å². The van der Waals surface area contributed by atoms with Crippen molar-refractivity contribution in [3.05, 3.63) is 33.2 Å². The van der Waals surface area contributed by atoms with Crippen molar-refractivity contribution in [1.82, 2.24) is 9.55 Å². The summed E-state index contributed by atoms with van der Waals surface area (Å²) in [6.07, 6.45) is 0.163. The lowest BCUT2D eigenvalue weighted by Crippen LogP contribution is -2.26. The number of ether oxygens (including phenoxy) is 1. The second-order valence-corrected chi connectivity index (χ2v) is 6.50. The molecule has 0 amide bonds. The molecule has 2 aromatic rings. The Morgan fingerprint density at radius 2 is 2.10 bits per heavy atom. The van der Waals surface area contributed by atoms with Gasteiger partial charge in [-0.15, -0.1) is 0 Å². The summed E-state index contributed by atoms with van der Waals surface area (Å²) in [5, 5.41) is 0. The lowest BCUT2D eigenvalue weighted by Gasteiger charge is -2.19. The predicted molar refractivity (Wildman–Crippen MR) is 80.7 cm³/mol. The lowest BCUT2D eigenvalue weighted by atomic mass is 10.2. The molecular weight excluding hydrogens is 324 g/mol. The van der Waals surface area contributed by atoms with E-state index < -0.39 is 5.60 Å². The first kappa shape index (κ1) is 14.8. The number of hydrogen-bond donors (Lipinski definition) is 1. The van der Waals surface area contributed by atoms with Crippen LogP contribution in [0.2, 0.25) is 0 Å². The smallest absolute Gasteiger partial charge is 0.326 e. The van der Waals surface area contributed by atoms with Crippen LogP contribution >= 0.6 is 15.9 Å². The fourth-order valence-corrected chi connectivity index (χ4v) is 2.29. The van der Waals surface area contributed by atoms with Crippen molar-refractivity contribution in [3.8, 4) is 0 Å². The highest BCUT2D eigenvalue weighted by Crippen LogP contribution is 2.17. The van der Waals surface area contributed by atoms with Crippen LogP contribution < -0.4 is 5.69 Å². The summed E-state index contributed by atoms with van der Waals surface area (Å²) in [4.78, 5) is 26.4. The van der Waals surface area contributed by atoms with Crippen LogP contribution in [0.3, 0.4) is 0 Å². The number of nitrogens with zero attached hydrogens (tertiary/aromatic N) is 1. The van der Waals surface area contributed by atoms with Crippen molar-refractivity contribution in [2.75, 3.05) is 0 Å². The van der Waals surface area contributed by atoms with Crippen LogP contribution in [0.25, 0.3) is 11.0 Å². The number of carbonyl (C=O) groups is 1. The molecule has 0 aliphatic carbocycles. The SMILES string of the molecule is CC(C)(C)OC(=O)CCn1c(=O)[nH]c2ccc(Br)cc21. The molecule has 0 saturated carbocycles. The van der Waals surface area contributed by atoms with Gasteiger partial charge in [0.25, 0.3) is 0 Å². The van der Waals surface area contributed by atoms with E-state index in [4.69, 9.17) is 4.74 Å². The molecule has 0 aliphatic rings. The fraction of sp³-hybridized carbons (Fsp3) is 0.429. The number of fused-ring (bicyclic) bond motifs is 1. The minimum Gasteiger partial charge on any atom is -0.460 e. The third kappa shape index (κ3) is 3.50. The maximum Gasteiger partial charge on any atom is 0.326 e. The highest BCUT2D eigenvalue weighted by molar-refractivity contribution is 9.10. The van der Waals surface area contributed by atoms with E-state index in [0.717, 1.165) is 15.5 Å². The van der Waals surface area contributed by atoms with Gasteiger partial charge in [-0.3, -0.25) is 9.36 Å². The van der Waals surface area contributed by atoms with Gasteiger partial charge in [0.2, 0.25) is 0 Å². The summed E-state index contributed by atoms with van der Waals surface area (Å²) in [5.74, 6) is -0.311. The van der Waals surface area contributed by atoms with Crippen molar-refractivity contribution >= 4 is 32.9 Å². The van der Waals surface area contributed by atoms with Gasteiger partial charge < -0.3 is 9.72 Å². The van der Waals surface area contributed by atoms with E-state index in [1.165, 1.54) is 0 Å². The average molecular weight is 341 g/mol. The predicted octanol–water partition coefficient (Wildman–Crippen LogP) is 2.82. The molecule has 0 fully saturated rings. The Morgan fingerprint density at radius 1 is 1.40 bits per heavy atom. The molecule has 0 unspecified atom stereocenters. The molecule has 108 valence electrons. The zero-order chi connectivity index (χ0) is 14.9. The molecule has 6 heteroatoms. The third-order valence-corrected chi connectivity index (χ3v) is 3.19. The Bertz CT molecular complexity index is 694. The Morgan fingerprint density at radius 3 is 2.75 bits per heavy atom. The minimum atomic E-state index is -0.509. The second kappa shape index (κ2) is 5.44. The Kier molecular flexibility index (Phi) is 4.04. The average Bonchev–Trinajstić information content (AvgIpc) is 2.59. The molecule has 0 atom stereocenters. The highest BCUT2D eigenvalue weighted by Gasteiger charge is 2.17. The number of benzene rings is 1. The van der Waals surface area contributed by atoms with Gasteiger partial charge in [0.1, 0.15) is 5.60 Å². The highest BCUT2D eigenvalue weighted by atomic mass is 79.9. The number of esters is 1. The standard InChI is InChI=1S/C14H17BrN2O3/c1-14(2,3)20-12(18)6-7-17-11-8-9(15)4-5-10(11)16-13(17)19/h4-5,8H,6-7H2,1-3H3,(H,16,19). The number of H-pyrrole nitrogens is 1. The van der Waals surface area contributed by atoms with Gasteiger partial charge >= 0.3 is 11.7 Å². The van der Waals surface area contributed by atoms with Crippen LogP contribution in [-0.4, -0.2) is 21.1 Å². The first-order chi connectivity index (χ1) is 9.26. The molecule has 0 aliphatic heterocycles. The van der Waals surface area contributed by atoms with E-state index in [2.05, 4.69) is 20.9 Å². The lowest BCUT2D eigenvalue weighted by molar-refractivity contribution is -0.155. The van der Waals surface area contributed by atoms with Crippen molar-refractivity contribution in [1.29, 1.82) is 0 Å². The quantitative estimate of drug-likeness (QED) is 0.873. The Balaban J connectivity index is 2.18. The first-order valence-corrected chi connectivity index (χ1v) is 7.15. The van der Waals surface area contributed by atoms with Crippen molar-refractivity contribution in [3.63, 3.8) is 0 Å². The van der Waals surface area contributed by atoms with Crippen molar-refractivity contribution in [2.24, 2.45) is 0 Å². The summed E-state index contributed by atoms with van der Waals surface area (Å²) in [5.41, 5.74) is 0.794. The monoisotopic (exact) mass is 340 g/mol. The molecule has 5 nitrogen and oxygen atoms in total. The van der Waals surface area contributed by atoms with Gasteiger partial charge in [0, 0.05) is 11.0 Å². The number of aromatic amines is 1. The van der Waals surface area contributed by atoms with Gasteiger partial charge in [-0.1, -0.05) is 15.9 Å². The topological polar surface area (TPSA) is 64.1 Å². The van der Waals surface area contributed by atoms with Crippen LogP contribution in [0.4, 0.5) is 0 Å². The summed E-state index contributed by atoms with van der Waals surface area (Å²) >= 11 is 3.37. The van der Waals surface area contributed by atoms with E-state index in [9.17, 15) is 9.59 Å². The van der Waals surface area contributed by atoms with E-state index in [1.54, 1.807) is 4.57 Å². The van der Waals surface area contributed by atoms with Gasteiger partial charge in [-0.05, 0) is 39.0 Å². The number of imidazole rings is 1. The van der Waals surface area contributed by atoms with Crippen LogP contribution in [0.1, 0.15) is 27.2 Å². The van der Waals surface area contributed by atoms with Crippen molar-refractivity contribution in [2.45, 2.75) is 39.3 Å². The summed E-state index contributed by atoms with van der Waals surface area (Å²) < 4.78 is 7.67. The molecular formula is C14H17BrN2O3. The second-order valence-electron chi connectivity index (χ2n) is 5.58. The van der Waals surface area contributed by atoms with Gasteiger partial charge in [-0.2, -0.15) is 0 Å². The number of hydrogen-bond acceptors (Lipinski definition) is 3. The Hall–Kier alpha value is -1.56. The largest absolute Gasteiger partial charge is 0.460 e. The number of aryl methyl sites for hydroxylation is 1. The maximum absolute atomic E-state index is 11.9. The van der Waals surface area contributed by atoms with E-state index in [0.29, 0.717) is 6.54 Å². The summed E-state index contributed by atoms with van der Waals surface area (Å²) in [6.45, 7) is 5.75. The molecule has 2 rings (SSSR count). The molecule has 0 radical (unpaired) electrons. The van der Waals surface area contributed by atoms with Crippen LogP contribution in [-0.2, 0) is 16.1 Å². The van der Waals surface area contributed by atoms with Gasteiger partial charge in [0.15, 0.2) is 0 Å². The zero-order valence-corrected chi connectivity index (χ0v) is 13.3. The molecule has 20 heavy (non-hydrogen) atoms. The fourth-order valence-electron chi connectivity index (χ4n) is 1.94. The van der Waals surface area contributed by atoms with Crippen LogP contribution in [0, 0.1) is 0 Å². The number of aromatic nitrogens is 2. The third-order valence-electron chi connectivity index (χ3n) is 2.70. The Labute approximate surface area is 125 Å². The van der Waals surface area contributed by atoms with Gasteiger partial charge in [0.05, 0.1) is 17.5 Å². The molecule has 0 bridgehead atoms. The molecule has 0 spiro atoms. The number of nitrogens with one attached hydrogen (secondary N) is 1.